The summed E-state index contributed by atoms with van der Waals surface area (Å²) in [5, 5.41) is 20.6. The number of hydrogen-bond donors (Lipinski definition) is 0. The van der Waals surface area contributed by atoms with Crippen LogP contribution in [0.25, 0.3) is 237 Å². The first kappa shape index (κ1) is 84.3. The number of rotatable bonds is 9. The predicted octanol–water partition coefficient (Wildman–Crippen LogP) is 29.7. The highest BCUT2D eigenvalue weighted by Crippen LogP contribution is 2.55. The zero-order valence-corrected chi connectivity index (χ0v) is 84.0. The van der Waals surface area contributed by atoms with Gasteiger partial charge in [-0.15, -0.1) is 11.3 Å². The Morgan fingerprint density at radius 2 is 0.629 bits per heavy atom. The number of aromatic nitrogens is 9. The number of thiophene rings is 1. The van der Waals surface area contributed by atoms with Crippen LogP contribution in [0.15, 0.2) is 423 Å². The van der Waals surface area contributed by atoms with Gasteiger partial charge in [0.1, 0.15) is 35.4 Å². The average Bonchev–Trinajstić information content (AvgIpc) is 1.53. The van der Waals surface area contributed by atoms with Crippen molar-refractivity contribution in [1.29, 1.82) is 0 Å². The summed E-state index contributed by atoms with van der Waals surface area (Å²) in [6.45, 7) is 19.4. The maximum absolute atomic E-state index is 6.60. The molecule has 10 nitrogen and oxygen atoms in total. The highest BCUT2D eigenvalue weighted by Gasteiger charge is 2.47. The van der Waals surface area contributed by atoms with E-state index in [9.17, 15) is 0 Å². The number of furan rings is 1. The van der Waals surface area contributed by atoms with Crippen LogP contribution in [0.1, 0.15) is 25.0 Å². The van der Waals surface area contributed by atoms with Crippen LogP contribution in [0.3, 0.4) is 0 Å². The van der Waals surface area contributed by atoms with Gasteiger partial charge in [0, 0.05) is 102 Å². The summed E-state index contributed by atoms with van der Waals surface area (Å²) in [5.74, 6) is 2.29. The van der Waals surface area contributed by atoms with Crippen LogP contribution in [0.5, 0.6) is 0 Å². The highest BCUT2D eigenvalue weighted by molar-refractivity contribution is 7.26. The van der Waals surface area contributed by atoms with Crippen LogP contribution in [-0.2, 0) is 5.41 Å². The number of fused-ring (bicyclic) bond motifs is 30. The molecule has 678 valence electrons. The minimum absolute atomic E-state index is 0.108. The smallest absolute Gasteiger partial charge is 0.160 e. The van der Waals surface area contributed by atoms with Gasteiger partial charge in [0.25, 0.3) is 0 Å². The van der Waals surface area contributed by atoms with E-state index in [2.05, 4.69) is 461 Å². The molecule has 11 heterocycles. The van der Waals surface area contributed by atoms with E-state index >= 15 is 0 Å². The molecule has 0 saturated heterocycles. The molecule has 0 amide bonds. The lowest BCUT2D eigenvalue weighted by atomic mass is 9.80. The van der Waals surface area contributed by atoms with E-state index < -0.39 is 24.2 Å². The zero-order chi connectivity index (χ0) is 95.6. The summed E-state index contributed by atoms with van der Waals surface area (Å²) >= 11 is 1.90. The van der Waals surface area contributed by atoms with Gasteiger partial charge < -0.3 is 18.1 Å². The molecule has 143 heavy (non-hydrogen) atoms. The van der Waals surface area contributed by atoms with Gasteiger partial charge in [0.05, 0.1) is 84.0 Å². The van der Waals surface area contributed by atoms with Crippen LogP contribution in [0.2, 0.25) is 39.3 Å². The minimum Gasteiger partial charge on any atom is -0.455 e. The summed E-state index contributed by atoms with van der Waals surface area (Å²) < 4.78 is 16.6. The lowest BCUT2D eigenvalue weighted by Crippen LogP contribution is -2.50. The molecule has 1 aliphatic carbocycles. The first-order valence-electron chi connectivity index (χ1n) is 49.4. The third-order valence-corrected chi connectivity index (χ3v) is 42.9. The van der Waals surface area contributed by atoms with Crippen molar-refractivity contribution < 1.29 is 4.42 Å². The Bertz CT molecular complexity index is 9520. The molecule has 0 fully saturated rings. The molecule has 0 saturated carbocycles. The monoisotopic (exact) mass is 1900 g/mol. The molecular weight excluding hydrogens is 1810 g/mol. The molecule has 0 unspecified atom stereocenters. The Kier molecular flexibility index (Phi) is 18.8. The normalized spacial score (nSPS) is 14.0. The Morgan fingerprint density at radius 1 is 0.259 bits per heavy atom. The van der Waals surface area contributed by atoms with Crippen LogP contribution in [-0.4, -0.2) is 67.8 Å². The van der Waals surface area contributed by atoms with Crippen molar-refractivity contribution in [2.45, 2.75) is 58.5 Å². The molecule has 0 atom stereocenters. The molecule has 4 aliphatic rings. The van der Waals surface area contributed by atoms with Gasteiger partial charge in [-0.3, -0.25) is 0 Å². The Hall–Kier alpha value is -16.7. The van der Waals surface area contributed by atoms with Crippen molar-refractivity contribution in [2.24, 2.45) is 0 Å². The van der Waals surface area contributed by atoms with E-state index in [0.717, 1.165) is 140 Å². The second kappa shape index (κ2) is 31.9. The summed E-state index contributed by atoms with van der Waals surface area (Å²) in [5.41, 5.74) is 34.3. The van der Waals surface area contributed by atoms with Gasteiger partial charge in [-0.1, -0.05) is 393 Å². The quantitative estimate of drug-likeness (QED) is 0.133. The molecule has 0 radical (unpaired) electrons. The van der Waals surface area contributed by atoms with Crippen molar-refractivity contribution >= 4 is 174 Å². The van der Waals surface area contributed by atoms with Gasteiger partial charge in [-0.25, -0.2) is 29.9 Å². The van der Waals surface area contributed by atoms with Crippen LogP contribution < -0.4 is 31.1 Å². The van der Waals surface area contributed by atoms with Gasteiger partial charge in [-0.2, -0.15) is 0 Å². The van der Waals surface area contributed by atoms with E-state index in [1.165, 1.54) is 139 Å². The molecule has 3 aliphatic heterocycles. The highest BCUT2D eigenvalue weighted by atomic mass is 32.1. The lowest BCUT2D eigenvalue weighted by Gasteiger charge is -2.23. The van der Waals surface area contributed by atoms with Crippen molar-refractivity contribution in [3.8, 4) is 130 Å². The predicted molar refractivity (Wildman–Crippen MR) is 606 cm³/mol. The third kappa shape index (κ3) is 12.6. The fourth-order valence-electron chi connectivity index (χ4n) is 24.7. The Labute approximate surface area is 834 Å². The van der Waals surface area contributed by atoms with Crippen molar-refractivity contribution in [3.63, 3.8) is 0 Å². The molecule has 8 aromatic heterocycles. The lowest BCUT2D eigenvalue weighted by molar-refractivity contribution is 0.666. The second-order valence-electron chi connectivity index (χ2n) is 40.5. The summed E-state index contributed by atoms with van der Waals surface area (Å²) in [7, 11) is -6.38. The average molecular weight is 1900 g/mol. The summed E-state index contributed by atoms with van der Waals surface area (Å²) in [6, 6.07) is 151. The number of nitrogens with zero attached hydrogens (tertiary/aromatic N) is 9. The van der Waals surface area contributed by atoms with Gasteiger partial charge in [0.2, 0.25) is 0 Å². The number of para-hydroxylation sites is 6. The number of hydrogen-bond acceptors (Lipinski definition) is 8. The topological polar surface area (TPSA) is 105 Å². The summed E-state index contributed by atoms with van der Waals surface area (Å²) in [4.78, 5) is 32.3. The third-order valence-electron chi connectivity index (χ3n) is 31.2. The van der Waals surface area contributed by atoms with Gasteiger partial charge in [-0.05, 0) is 149 Å². The van der Waals surface area contributed by atoms with Crippen LogP contribution in [0.4, 0.5) is 0 Å². The van der Waals surface area contributed by atoms with Crippen molar-refractivity contribution in [1.82, 2.24) is 43.6 Å². The molecule has 0 bridgehead atoms. The Balaban J connectivity index is 0.000000105. The molecule has 14 heteroatoms. The van der Waals surface area contributed by atoms with Crippen LogP contribution >= 0.6 is 11.3 Å². The minimum atomic E-state index is -2.15. The van der Waals surface area contributed by atoms with E-state index in [4.69, 9.17) is 34.3 Å². The molecule has 18 aromatic carbocycles. The first-order valence-corrected chi connectivity index (χ1v) is 59.2. The standard InChI is InChI=1S/C45H35N3Si.C42H29N3OSi.C42H29N3SSi/c1-45(2)35-22-11-8-19-31(35)32-25-26-37-39(40(32)45)33-20-9-12-23-36(33)48(37)30-18-14-17-29(27-30)41-43-42(34-21-10-13-24-38(34)49(43,3)4)47-44(46-41)28-15-6-5-7-16-28;2*1-47(2)36-23-13-9-19-31(36)39-41(47)38(43-42(44-39)26-14-4-3-5-15-26)30-18-7-11-21-33(30)45-32-20-10-6-17-29(32)37-34(45)25-24-28-27-16-8-12-22-35(27)46-40(28)37/h5-27H,1-4H3;2*3-25H,1-2H3. The maximum Gasteiger partial charge on any atom is 0.160 e. The van der Waals surface area contributed by atoms with Crippen LogP contribution in [0, 0.1) is 0 Å². The number of benzene rings is 18. The van der Waals surface area contributed by atoms with E-state index in [1.807, 2.05) is 35.6 Å². The fourth-order valence-corrected chi connectivity index (χ4v) is 35.7. The second-order valence-corrected chi connectivity index (χ2v) is 54.5. The largest absolute Gasteiger partial charge is 0.455 e. The van der Waals surface area contributed by atoms with Gasteiger partial charge >= 0.3 is 0 Å². The molecule has 26 aromatic rings. The van der Waals surface area contributed by atoms with Crippen molar-refractivity contribution in [3.05, 3.63) is 430 Å². The summed E-state index contributed by atoms with van der Waals surface area (Å²) in [6.07, 6.45) is 0. The zero-order valence-electron chi connectivity index (χ0n) is 80.2. The maximum atomic E-state index is 6.60. The van der Waals surface area contributed by atoms with Gasteiger partial charge in [0.15, 0.2) is 17.5 Å². The fraction of sp³-hybridized carbons (Fsp3) is 0.0698. The van der Waals surface area contributed by atoms with E-state index in [-0.39, 0.29) is 5.41 Å². The van der Waals surface area contributed by atoms with E-state index in [1.54, 1.807) is 0 Å². The Morgan fingerprint density at radius 3 is 1.16 bits per heavy atom. The van der Waals surface area contributed by atoms with Crippen molar-refractivity contribution in [2.75, 3.05) is 0 Å². The molecular formula is C129H93N9OSSi3. The molecule has 0 N–H and O–H groups in total. The first-order chi connectivity index (χ1) is 70.0. The molecule has 30 rings (SSSR count). The van der Waals surface area contributed by atoms with E-state index in [0.29, 0.717) is 0 Å². The SMILES string of the molecule is CC1(C)c2ccccc2-c2ccc3c(c21)c1ccccc1n3-c1cccc(-c2nc(-c3ccccc3)nc3c2[Si](C)(C)c2ccccc2-3)c1.C[Si]1(C)c2ccccc2-c2nc(-c3ccccc3)nc(-c3ccccc3-n3c4ccccc4c4c5oc6ccccc6c5ccc43)c21.C[Si]1(C)c2ccccc2-c2nc(-c3ccccc3)nc(-c3ccccc3-n3c4ccccc4c4c5sc6ccccc6c5ccc43)c21. The molecule has 0 spiro atoms.